The van der Waals surface area contributed by atoms with E-state index in [-0.39, 0.29) is 24.2 Å². The Morgan fingerprint density at radius 3 is 2.41 bits per heavy atom. The Morgan fingerprint density at radius 1 is 1.11 bits per heavy atom. The molecule has 6 nitrogen and oxygen atoms in total. The van der Waals surface area contributed by atoms with Gasteiger partial charge in [0, 0.05) is 24.3 Å². The van der Waals surface area contributed by atoms with E-state index in [1.54, 1.807) is 36.3 Å². The molecule has 2 aromatic rings. The van der Waals surface area contributed by atoms with Crippen LogP contribution in [0.4, 0.5) is 11.4 Å². The van der Waals surface area contributed by atoms with Gasteiger partial charge < -0.3 is 19.7 Å². The number of methoxy groups -OCH3 is 1. The van der Waals surface area contributed by atoms with Gasteiger partial charge >= 0.3 is 0 Å². The Balaban J connectivity index is 1.59. The summed E-state index contributed by atoms with van der Waals surface area (Å²) in [5.41, 5.74) is 1.47. The van der Waals surface area contributed by atoms with Crippen molar-refractivity contribution < 1.29 is 19.1 Å². The molecule has 0 radical (unpaired) electrons. The number of benzene rings is 2. The van der Waals surface area contributed by atoms with Crippen LogP contribution in [0.5, 0.6) is 11.5 Å². The molecule has 2 amide bonds. The molecule has 2 aromatic carbocycles. The van der Waals surface area contributed by atoms with Gasteiger partial charge in [0.15, 0.2) is 0 Å². The summed E-state index contributed by atoms with van der Waals surface area (Å²) in [4.78, 5) is 26.5. The van der Waals surface area contributed by atoms with Crippen molar-refractivity contribution in [1.29, 1.82) is 0 Å². The molecule has 27 heavy (non-hydrogen) atoms. The number of nitrogens with one attached hydrogen (secondary N) is 1. The second-order valence-corrected chi connectivity index (χ2v) is 6.47. The number of ether oxygens (including phenoxy) is 2. The topological polar surface area (TPSA) is 67.9 Å². The van der Waals surface area contributed by atoms with Crippen molar-refractivity contribution >= 4 is 23.2 Å². The lowest BCUT2D eigenvalue weighted by molar-refractivity contribution is -0.122. The third-order valence-corrected chi connectivity index (χ3v) is 4.47. The lowest BCUT2D eigenvalue weighted by Gasteiger charge is -2.17. The quantitative estimate of drug-likeness (QED) is 0.812. The maximum Gasteiger partial charge on any atom is 0.229 e. The molecule has 142 valence electrons. The molecule has 1 aliphatic heterocycles. The molecule has 1 saturated heterocycles. The number of hydrogen-bond donors (Lipinski definition) is 1. The Labute approximate surface area is 159 Å². The fraction of sp³-hybridized carbons (Fsp3) is 0.333. The van der Waals surface area contributed by atoms with Crippen LogP contribution in [0.2, 0.25) is 0 Å². The number of carbonyl (C=O) groups is 2. The van der Waals surface area contributed by atoms with Gasteiger partial charge in [-0.1, -0.05) is 6.92 Å². The Kier molecular flexibility index (Phi) is 5.96. The normalized spacial score (nSPS) is 16.3. The van der Waals surface area contributed by atoms with Gasteiger partial charge in [-0.25, -0.2) is 0 Å². The minimum atomic E-state index is -0.379. The van der Waals surface area contributed by atoms with Crippen molar-refractivity contribution in [3.05, 3.63) is 48.5 Å². The van der Waals surface area contributed by atoms with E-state index in [0.29, 0.717) is 18.8 Å². The first-order valence-corrected chi connectivity index (χ1v) is 9.09. The average Bonchev–Trinajstić information content (AvgIpc) is 3.09. The van der Waals surface area contributed by atoms with E-state index in [0.717, 1.165) is 23.6 Å². The molecule has 1 atom stereocenters. The van der Waals surface area contributed by atoms with Crippen LogP contribution >= 0.6 is 0 Å². The van der Waals surface area contributed by atoms with Gasteiger partial charge in [-0.2, -0.15) is 0 Å². The molecule has 1 unspecified atom stereocenters. The highest BCUT2D eigenvalue weighted by Gasteiger charge is 2.35. The third kappa shape index (κ3) is 4.58. The van der Waals surface area contributed by atoms with Crippen molar-refractivity contribution in [2.45, 2.75) is 19.8 Å². The second-order valence-electron chi connectivity index (χ2n) is 6.47. The minimum Gasteiger partial charge on any atom is -0.497 e. The van der Waals surface area contributed by atoms with Crippen LogP contribution in [0.1, 0.15) is 19.8 Å². The second kappa shape index (κ2) is 8.58. The van der Waals surface area contributed by atoms with E-state index in [1.165, 1.54) is 0 Å². The standard InChI is InChI=1S/C21H24N2O4/c1-3-12-27-19-8-4-16(5-9-19)22-21(25)15-13-20(24)23(14-15)17-6-10-18(26-2)11-7-17/h4-11,15H,3,12-14H2,1-2H3,(H,22,25). The summed E-state index contributed by atoms with van der Waals surface area (Å²) < 4.78 is 10.7. The summed E-state index contributed by atoms with van der Waals surface area (Å²) in [6, 6.07) is 14.5. The lowest BCUT2D eigenvalue weighted by Crippen LogP contribution is -2.28. The van der Waals surface area contributed by atoms with Gasteiger partial charge in [0.25, 0.3) is 0 Å². The zero-order valence-corrected chi connectivity index (χ0v) is 15.6. The molecule has 0 bridgehead atoms. The molecular formula is C21H24N2O4. The summed E-state index contributed by atoms with van der Waals surface area (Å²) in [5, 5.41) is 2.88. The highest BCUT2D eigenvalue weighted by molar-refractivity contribution is 6.03. The van der Waals surface area contributed by atoms with E-state index in [9.17, 15) is 9.59 Å². The van der Waals surface area contributed by atoms with Crippen molar-refractivity contribution in [3.63, 3.8) is 0 Å². The Hall–Kier alpha value is -3.02. The minimum absolute atomic E-state index is 0.0522. The molecule has 0 spiro atoms. The van der Waals surface area contributed by atoms with Crippen LogP contribution < -0.4 is 19.7 Å². The summed E-state index contributed by atoms with van der Waals surface area (Å²) >= 11 is 0. The average molecular weight is 368 g/mol. The van der Waals surface area contributed by atoms with Gasteiger partial charge in [0.1, 0.15) is 11.5 Å². The fourth-order valence-corrected chi connectivity index (χ4v) is 2.99. The zero-order valence-electron chi connectivity index (χ0n) is 15.6. The molecule has 0 saturated carbocycles. The van der Waals surface area contributed by atoms with E-state index in [1.807, 2.05) is 31.2 Å². The van der Waals surface area contributed by atoms with Crippen molar-refractivity contribution in [2.75, 3.05) is 30.5 Å². The van der Waals surface area contributed by atoms with Crippen LogP contribution in [-0.4, -0.2) is 32.1 Å². The largest absolute Gasteiger partial charge is 0.497 e. The first-order valence-electron chi connectivity index (χ1n) is 9.09. The zero-order chi connectivity index (χ0) is 19.2. The Bertz CT molecular complexity index is 787. The monoisotopic (exact) mass is 368 g/mol. The summed E-state index contributed by atoms with van der Waals surface area (Å²) in [6.45, 7) is 3.08. The van der Waals surface area contributed by atoms with Crippen molar-refractivity contribution in [1.82, 2.24) is 0 Å². The summed E-state index contributed by atoms with van der Waals surface area (Å²) in [5.74, 6) is 0.920. The summed E-state index contributed by atoms with van der Waals surface area (Å²) in [6.07, 6.45) is 1.15. The Morgan fingerprint density at radius 2 is 1.78 bits per heavy atom. The van der Waals surface area contributed by atoms with Gasteiger partial charge in [-0.15, -0.1) is 0 Å². The van der Waals surface area contributed by atoms with E-state index < -0.39 is 0 Å². The molecule has 1 heterocycles. The van der Waals surface area contributed by atoms with E-state index in [2.05, 4.69) is 5.32 Å². The number of carbonyl (C=O) groups excluding carboxylic acids is 2. The molecule has 1 aliphatic rings. The fourth-order valence-electron chi connectivity index (χ4n) is 2.99. The van der Waals surface area contributed by atoms with Crippen LogP contribution in [0.25, 0.3) is 0 Å². The molecule has 1 fully saturated rings. The summed E-state index contributed by atoms with van der Waals surface area (Å²) in [7, 11) is 1.60. The van der Waals surface area contributed by atoms with Gasteiger partial charge in [0.2, 0.25) is 11.8 Å². The smallest absolute Gasteiger partial charge is 0.229 e. The van der Waals surface area contributed by atoms with Crippen LogP contribution in [0.3, 0.4) is 0 Å². The van der Waals surface area contributed by atoms with E-state index >= 15 is 0 Å². The number of hydrogen-bond acceptors (Lipinski definition) is 4. The molecule has 0 aromatic heterocycles. The van der Waals surface area contributed by atoms with Gasteiger partial charge in [-0.05, 0) is 55.0 Å². The highest BCUT2D eigenvalue weighted by Crippen LogP contribution is 2.27. The van der Waals surface area contributed by atoms with E-state index in [4.69, 9.17) is 9.47 Å². The predicted octanol–water partition coefficient (Wildman–Crippen LogP) is 3.48. The van der Waals surface area contributed by atoms with Crippen LogP contribution in [0, 0.1) is 5.92 Å². The van der Waals surface area contributed by atoms with Crippen LogP contribution in [0.15, 0.2) is 48.5 Å². The molecule has 1 N–H and O–H groups in total. The first kappa shape index (κ1) is 18.8. The molecule has 6 heteroatoms. The van der Waals surface area contributed by atoms with Crippen LogP contribution in [-0.2, 0) is 9.59 Å². The van der Waals surface area contributed by atoms with Gasteiger partial charge in [-0.3, -0.25) is 9.59 Å². The first-order chi connectivity index (χ1) is 13.1. The lowest BCUT2D eigenvalue weighted by atomic mass is 10.1. The SMILES string of the molecule is CCCOc1ccc(NC(=O)C2CC(=O)N(c3ccc(OC)cc3)C2)cc1. The molecular weight excluding hydrogens is 344 g/mol. The maximum absolute atomic E-state index is 12.6. The molecule has 3 rings (SSSR count). The van der Waals surface area contributed by atoms with Gasteiger partial charge in [0.05, 0.1) is 19.6 Å². The highest BCUT2D eigenvalue weighted by atomic mass is 16.5. The predicted molar refractivity (Wildman–Crippen MR) is 104 cm³/mol. The number of rotatable bonds is 7. The van der Waals surface area contributed by atoms with Crippen molar-refractivity contribution in [2.24, 2.45) is 5.92 Å². The maximum atomic E-state index is 12.6. The number of anilines is 2. The third-order valence-electron chi connectivity index (χ3n) is 4.47. The molecule has 0 aliphatic carbocycles. The number of amides is 2. The van der Waals surface area contributed by atoms with Crippen molar-refractivity contribution in [3.8, 4) is 11.5 Å². The number of nitrogens with zero attached hydrogens (tertiary/aromatic N) is 1.